The number of ketones is 1. The van der Waals surface area contributed by atoms with E-state index in [1.807, 2.05) is 19.1 Å². The minimum Gasteiger partial charge on any atom is -0.294 e. The second kappa shape index (κ2) is 3.74. The summed E-state index contributed by atoms with van der Waals surface area (Å²) in [6.45, 7) is 2.01. The first-order valence-corrected chi connectivity index (χ1v) is 4.93. The minimum absolute atomic E-state index is 0.257. The van der Waals surface area contributed by atoms with Crippen LogP contribution < -0.4 is 0 Å². The van der Waals surface area contributed by atoms with E-state index in [9.17, 15) is 4.79 Å². The van der Waals surface area contributed by atoms with Crippen molar-refractivity contribution >= 4 is 11.4 Å². The fourth-order valence-corrected chi connectivity index (χ4v) is 1.76. The Balaban J connectivity index is 2.44. The molecule has 2 rings (SSSR count). The third-order valence-electron chi connectivity index (χ3n) is 2.59. The molecular formula is C12H13NO. The van der Waals surface area contributed by atoms with Gasteiger partial charge in [0.05, 0.1) is 0 Å². The van der Waals surface area contributed by atoms with E-state index in [2.05, 4.69) is 4.98 Å². The van der Waals surface area contributed by atoms with Gasteiger partial charge in [-0.05, 0) is 31.4 Å². The maximum atomic E-state index is 11.7. The molecule has 0 saturated heterocycles. The van der Waals surface area contributed by atoms with Crippen LogP contribution in [0.1, 0.15) is 30.4 Å². The van der Waals surface area contributed by atoms with Crippen LogP contribution in [-0.2, 0) is 4.79 Å². The molecule has 72 valence electrons. The van der Waals surface area contributed by atoms with Crippen LogP contribution in [0.25, 0.3) is 5.57 Å². The summed E-state index contributed by atoms with van der Waals surface area (Å²) in [6.07, 6.45) is 8.25. The molecule has 0 atom stereocenters. The molecule has 0 radical (unpaired) electrons. The SMILES string of the molecule is Cc1ccncc1C1=CCCCC1=O. The molecule has 0 aliphatic heterocycles. The number of aryl methyl sites for hydroxylation is 1. The molecule has 1 heterocycles. The fourth-order valence-electron chi connectivity index (χ4n) is 1.76. The van der Waals surface area contributed by atoms with E-state index in [0.29, 0.717) is 6.42 Å². The van der Waals surface area contributed by atoms with E-state index in [-0.39, 0.29) is 5.78 Å². The van der Waals surface area contributed by atoms with Gasteiger partial charge in [0.1, 0.15) is 0 Å². The van der Waals surface area contributed by atoms with Gasteiger partial charge in [-0.1, -0.05) is 6.08 Å². The Morgan fingerprint density at radius 2 is 2.29 bits per heavy atom. The Morgan fingerprint density at radius 1 is 1.43 bits per heavy atom. The third kappa shape index (κ3) is 1.60. The van der Waals surface area contributed by atoms with Crippen molar-refractivity contribution in [2.45, 2.75) is 26.2 Å². The quantitative estimate of drug-likeness (QED) is 0.676. The molecule has 0 amide bonds. The van der Waals surface area contributed by atoms with Crippen molar-refractivity contribution in [1.82, 2.24) is 4.98 Å². The van der Waals surface area contributed by atoms with Crippen LogP contribution in [0.4, 0.5) is 0 Å². The average molecular weight is 187 g/mol. The van der Waals surface area contributed by atoms with Gasteiger partial charge in [0.15, 0.2) is 5.78 Å². The maximum Gasteiger partial charge on any atom is 0.163 e. The van der Waals surface area contributed by atoms with Crippen molar-refractivity contribution in [3.63, 3.8) is 0 Å². The first kappa shape index (κ1) is 9.13. The van der Waals surface area contributed by atoms with E-state index in [4.69, 9.17) is 0 Å². The summed E-state index contributed by atoms with van der Waals surface area (Å²) in [5.74, 6) is 0.257. The Bertz CT molecular complexity index is 393. The lowest BCUT2D eigenvalue weighted by Crippen LogP contribution is -2.07. The van der Waals surface area contributed by atoms with Crippen LogP contribution in [0, 0.1) is 6.92 Å². The normalized spacial score (nSPS) is 16.6. The average Bonchev–Trinajstić information content (AvgIpc) is 2.20. The molecule has 14 heavy (non-hydrogen) atoms. The molecule has 0 bridgehead atoms. The number of aromatic nitrogens is 1. The monoisotopic (exact) mass is 187 g/mol. The van der Waals surface area contributed by atoms with E-state index in [1.165, 1.54) is 0 Å². The van der Waals surface area contributed by atoms with Crippen LogP contribution >= 0.6 is 0 Å². The fraction of sp³-hybridized carbons (Fsp3) is 0.333. The molecule has 0 unspecified atom stereocenters. The number of pyridine rings is 1. The summed E-state index contributed by atoms with van der Waals surface area (Å²) in [5, 5.41) is 0. The summed E-state index contributed by atoms with van der Waals surface area (Å²) in [4.78, 5) is 15.7. The van der Waals surface area contributed by atoms with Crippen molar-refractivity contribution in [2.24, 2.45) is 0 Å². The lowest BCUT2D eigenvalue weighted by Gasteiger charge is -2.13. The molecule has 2 nitrogen and oxygen atoms in total. The lowest BCUT2D eigenvalue weighted by molar-refractivity contribution is -0.114. The molecule has 1 aromatic heterocycles. The second-order valence-corrected chi connectivity index (χ2v) is 3.62. The number of Topliss-reactive ketones (excluding diaryl/α,β-unsaturated/α-hetero) is 1. The Morgan fingerprint density at radius 3 is 3.00 bits per heavy atom. The van der Waals surface area contributed by atoms with Gasteiger partial charge in [-0.25, -0.2) is 0 Å². The summed E-state index contributed by atoms with van der Waals surface area (Å²) in [7, 11) is 0. The largest absolute Gasteiger partial charge is 0.294 e. The predicted molar refractivity (Wildman–Crippen MR) is 55.8 cm³/mol. The molecular weight excluding hydrogens is 174 g/mol. The summed E-state index contributed by atoms with van der Waals surface area (Å²) >= 11 is 0. The highest BCUT2D eigenvalue weighted by molar-refractivity contribution is 6.21. The smallest absolute Gasteiger partial charge is 0.163 e. The standard InChI is InChI=1S/C12H13NO/c1-9-6-7-13-8-11(9)10-4-2-3-5-12(10)14/h4,6-8H,2-3,5H2,1H3. The molecule has 1 aromatic rings. The molecule has 0 aromatic carbocycles. The van der Waals surface area contributed by atoms with Crippen molar-refractivity contribution in [3.05, 3.63) is 35.7 Å². The summed E-state index contributed by atoms with van der Waals surface area (Å²) < 4.78 is 0. The highest BCUT2D eigenvalue weighted by atomic mass is 16.1. The summed E-state index contributed by atoms with van der Waals surface area (Å²) in [6, 6.07) is 1.94. The number of nitrogens with zero attached hydrogens (tertiary/aromatic N) is 1. The Labute approximate surface area is 83.7 Å². The van der Waals surface area contributed by atoms with E-state index >= 15 is 0 Å². The topological polar surface area (TPSA) is 30.0 Å². The van der Waals surface area contributed by atoms with Crippen molar-refractivity contribution in [2.75, 3.05) is 0 Å². The van der Waals surface area contributed by atoms with Gasteiger partial charge in [0.2, 0.25) is 0 Å². The minimum atomic E-state index is 0.257. The Hall–Kier alpha value is -1.44. The van der Waals surface area contributed by atoms with Gasteiger partial charge in [0, 0.05) is 30.0 Å². The molecule has 1 aliphatic carbocycles. The molecule has 0 fully saturated rings. The highest BCUT2D eigenvalue weighted by Gasteiger charge is 2.16. The molecule has 2 heteroatoms. The first-order chi connectivity index (χ1) is 6.79. The van der Waals surface area contributed by atoms with E-state index in [0.717, 1.165) is 29.5 Å². The maximum absolute atomic E-state index is 11.7. The second-order valence-electron chi connectivity index (χ2n) is 3.62. The molecule has 0 N–H and O–H groups in total. The van der Waals surface area contributed by atoms with Crippen LogP contribution in [0.5, 0.6) is 0 Å². The number of carbonyl (C=O) groups excluding carboxylic acids is 1. The first-order valence-electron chi connectivity index (χ1n) is 4.93. The zero-order chi connectivity index (χ0) is 9.97. The van der Waals surface area contributed by atoms with Gasteiger partial charge in [-0.3, -0.25) is 9.78 Å². The zero-order valence-corrected chi connectivity index (χ0v) is 8.29. The number of rotatable bonds is 1. The number of carbonyl (C=O) groups is 1. The van der Waals surface area contributed by atoms with Crippen LogP contribution in [0.2, 0.25) is 0 Å². The highest BCUT2D eigenvalue weighted by Crippen LogP contribution is 2.25. The zero-order valence-electron chi connectivity index (χ0n) is 8.29. The number of allylic oxidation sites excluding steroid dienone is 2. The van der Waals surface area contributed by atoms with Crippen LogP contribution in [0.3, 0.4) is 0 Å². The van der Waals surface area contributed by atoms with Gasteiger partial charge < -0.3 is 0 Å². The van der Waals surface area contributed by atoms with Crippen molar-refractivity contribution < 1.29 is 4.79 Å². The Kier molecular flexibility index (Phi) is 2.44. The van der Waals surface area contributed by atoms with Crippen LogP contribution in [0.15, 0.2) is 24.5 Å². The molecule has 1 aliphatic rings. The van der Waals surface area contributed by atoms with Crippen molar-refractivity contribution in [1.29, 1.82) is 0 Å². The number of hydrogen-bond donors (Lipinski definition) is 0. The van der Waals surface area contributed by atoms with Crippen molar-refractivity contribution in [3.8, 4) is 0 Å². The van der Waals surface area contributed by atoms with Gasteiger partial charge in [-0.2, -0.15) is 0 Å². The van der Waals surface area contributed by atoms with E-state index in [1.54, 1.807) is 12.4 Å². The molecule has 0 saturated carbocycles. The lowest BCUT2D eigenvalue weighted by atomic mass is 9.91. The number of hydrogen-bond acceptors (Lipinski definition) is 2. The van der Waals surface area contributed by atoms with Crippen LogP contribution in [-0.4, -0.2) is 10.8 Å². The summed E-state index contributed by atoms with van der Waals surface area (Å²) in [5.41, 5.74) is 2.99. The van der Waals surface area contributed by atoms with Gasteiger partial charge >= 0.3 is 0 Å². The van der Waals surface area contributed by atoms with E-state index < -0.39 is 0 Å². The van der Waals surface area contributed by atoms with Gasteiger partial charge in [-0.15, -0.1) is 0 Å². The van der Waals surface area contributed by atoms with Gasteiger partial charge in [0.25, 0.3) is 0 Å². The predicted octanol–water partition coefficient (Wildman–Crippen LogP) is 2.53. The molecule has 0 spiro atoms. The third-order valence-corrected chi connectivity index (χ3v) is 2.59.